The number of nitriles is 1. The fourth-order valence-electron chi connectivity index (χ4n) is 8.62. The molecule has 2 bridgehead atoms. The summed E-state index contributed by atoms with van der Waals surface area (Å²) in [5, 5.41) is 20.5. The summed E-state index contributed by atoms with van der Waals surface area (Å²) in [6.45, 7) is 2.24. The van der Waals surface area contributed by atoms with Crippen molar-refractivity contribution in [3.8, 4) is 23.3 Å². The summed E-state index contributed by atoms with van der Waals surface area (Å²) >= 11 is 0.886. The smallest absolute Gasteiger partial charge is 0.319 e. The highest BCUT2D eigenvalue weighted by Gasteiger charge is 2.49. The van der Waals surface area contributed by atoms with Gasteiger partial charge in [-0.3, -0.25) is 14.8 Å². The number of halogens is 3. The summed E-state index contributed by atoms with van der Waals surface area (Å²) in [5.74, 6) is -1.22. The van der Waals surface area contributed by atoms with Gasteiger partial charge in [-0.2, -0.15) is 20.3 Å². The van der Waals surface area contributed by atoms with E-state index in [2.05, 4.69) is 25.4 Å². The Morgan fingerprint density at radius 1 is 1.16 bits per heavy atom. The third kappa shape index (κ3) is 4.85. The molecule has 0 amide bonds. The number of piperazine rings is 1. The lowest BCUT2D eigenvalue weighted by molar-refractivity contribution is 0.107. The number of rotatable bonds is 7. The highest BCUT2D eigenvalue weighted by molar-refractivity contribution is 7.23. The number of nitrogens with two attached hydrogens (primary N) is 1. The van der Waals surface area contributed by atoms with Crippen LogP contribution < -0.4 is 26.2 Å². The molecule has 258 valence electrons. The summed E-state index contributed by atoms with van der Waals surface area (Å²) in [5.41, 5.74) is 5.33. The number of ether oxygens (including phenoxy) is 1. The molecule has 4 aromatic heterocycles. The maximum Gasteiger partial charge on any atom is 0.319 e. The maximum absolute atomic E-state index is 17.6. The zero-order valence-corrected chi connectivity index (χ0v) is 27.7. The van der Waals surface area contributed by atoms with E-state index in [0.717, 1.165) is 43.6 Å². The number of hydrogen-bond acceptors (Lipinski definition) is 11. The van der Waals surface area contributed by atoms with Crippen LogP contribution in [0.2, 0.25) is 0 Å². The van der Waals surface area contributed by atoms with Gasteiger partial charge in [0.05, 0.1) is 34.2 Å². The molecular formula is C34H33F3N10O2S. The number of nitrogens with zero attached hydrogens (tertiary/aromatic N) is 7. The van der Waals surface area contributed by atoms with Gasteiger partial charge >= 0.3 is 6.01 Å². The van der Waals surface area contributed by atoms with Gasteiger partial charge < -0.3 is 25.3 Å². The number of thiophene rings is 1. The third-order valence-corrected chi connectivity index (χ3v) is 11.9. The first kappa shape index (κ1) is 31.3. The molecule has 4 aliphatic heterocycles. The van der Waals surface area contributed by atoms with E-state index >= 15 is 8.78 Å². The van der Waals surface area contributed by atoms with Crippen LogP contribution in [0, 0.1) is 23.0 Å². The van der Waals surface area contributed by atoms with Gasteiger partial charge in [-0.25, -0.2) is 13.2 Å². The quantitative estimate of drug-likeness (QED) is 0.226. The highest BCUT2D eigenvalue weighted by atomic mass is 32.1. The van der Waals surface area contributed by atoms with E-state index in [1.807, 2.05) is 11.0 Å². The van der Waals surface area contributed by atoms with Crippen LogP contribution in [0.5, 0.6) is 6.01 Å². The number of H-pyrrole nitrogens is 1. The van der Waals surface area contributed by atoms with Gasteiger partial charge in [0, 0.05) is 60.8 Å². The largest absolute Gasteiger partial charge is 0.461 e. The van der Waals surface area contributed by atoms with Crippen molar-refractivity contribution in [2.75, 3.05) is 43.4 Å². The van der Waals surface area contributed by atoms with E-state index in [0.29, 0.717) is 31.6 Å². The van der Waals surface area contributed by atoms with Crippen LogP contribution in [0.1, 0.15) is 43.2 Å². The van der Waals surface area contributed by atoms with Crippen molar-refractivity contribution >= 4 is 43.1 Å². The van der Waals surface area contributed by atoms with Gasteiger partial charge in [0.25, 0.3) is 5.56 Å². The second-order valence-corrected chi connectivity index (χ2v) is 14.9. The Balaban J connectivity index is 1.29. The zero-order chi connectivity index (χ0) is 34.3. The van der Waals surface area contributed by atoms with Crippen LogP contribution >= 0.6 is 11.3 Å². The molecule has 4 fully saturated rings. The Labute approximate surface area is 287 Å². The molecule has 12 nitrogen and oxygen atoms in total. The number of hydrogen-bond donors (Lipinski definition) is 3. The molecule has 0 spiro atoms. The predicted molar refractivity (Wildman–Crippen MR) is 182 cm³/mol. The first-order chi connectivity index (χ1) is 24.2. The van der Waals surface area contributed by atoms with Crippen molar-refractivity contribution in [1.29, 1.82) is 5.26 Å². The van der Waals surface area contributed by atoms with Crippen LogP contribution in [-0.4, -0.2) is 86.2 Å². The molecule has 16 heteroatoms. The van der Waals surface area contributed by atoms with E-state index in [1.54, 1.807) is 6.20 Å². The fourth-order valence-corrected chi connectivity index (χ4v) is 9.57. The molecule has 0 aliphatic carbocycles. The summed E-state index contributed by atoms with van der Waals surface area (Å²) < 4.78 is 54.9. The lowest BCUT2D eigenvalue weighted by Gasteiger charge is -2.34. The molecule has 0 radical (unpaired) electrons. The minimum Gasteiger partial charge on any atom is -0.461 e. The van der Waals surface area contributed by atoms with Crippen molar-refractivity contribution in [2.45, 2.75) is 62.4 Å². The number of aromatic nitrogens is 5. The van der Waals surface area contributed by atoms with Crippen molar-refractivity contribution in [3.05, 3.63) is 57.6 Å². The average molecular weight is 703 g/mol. The molecule has 1 aromatic carbocycles. The molecule has 4 atom stereocenters. The zero-order valence-electron chi connectivity index (χ0n) is 26.9. The van der Waals surface area contributed by atoms with Gasteiger partial charge in [0.15, 0.2) is 5.82 Å². The summed E-state index contributed by atoms with van der Waals surface area (Å²) in [4.78, 5) is 28.3. The average Bonchev–Trinajstić information content (AvgIpc) is 3.93. The van der Waals surface area contributed by atoms with Crippen LogP contribution in [-0.2, 0) is 6.54 Å². The number of nitrogen functional groups attached to an aromatic ring is 1. The minimum atomic E-state index is -0.964. The Bertz CT molecular complexity index is 2260. The number of aromatic amines is 1. The standard InChI is InChI=1S/C34H33F3N10O2S/c35-18-8-34(6-1-7-46(34)13-18)16-49-33-43-27-25(31(44-33)45-14-19-2-3-20(15-45)42-19)32(48)47(12-17-10-40-41-11-17)28(26(27)37)21-4-5-23(36)29-24(21)22(9-38)30(39)50-29/h4-5,10-11,18-20,42H,1-3,6-8,12-16,39H2,(H,40,41)/t18-,19?,20?,34+/m1/s1. The van der Waals surface area contributed by atoms with Gasteiger partial charge in [-0.05, 0) is 44.4 Å². The second kappa shape index (κ2) is 11.7. The number of anilines is 2. The molecule has 9 rings (SSSR count). The van der Waals surface area contributed by atoms with Crippen molar-refractivity contribution in [2.24, 2.45) is 0 Å². The van der Waals surface area contributed by atoms with E-state index < -0.39 is 28.9 Å². The monoisotopic (exact) mass is 702 g/mol. The predicted octanol–water partition coefficient (Wildman–Crippen LogP) is 4.07. The first-order valence-electron chi connectivity index (χ1n) is 16.8. The molecule has 5 aromatic rings. The van der Waals surface area contributed by atoms with Crippen LogP contribution in [0.25, 0.3) is 32.2 Å². The SMILES string of the molecule is N#Cc1c(N)sc2c(F)ccc(-c3c(F)c4nc(OC[C@@]56CCCN5C[C@H](F)C6)nc(N5CC6CCC(C5)N6)c4c(=O)n3Cc3cn[nH]c3)c12. The van der Waals surface area contributed by atoms with E-state index in [4.69, 9.17) is 15.5 Å². The summed E-state index contributed by atoms with van der Waals surface area (Å²) in [6, 6.07) is 4.80. The lowest BCUT2D eigenvalue weighted by Crippen LogP contribution is -2.51. The molecule has 4 N–H and O–H groups in total. The van der Waals surface area contributed by atoms with Gasteiger partial charge in [-0.15, -0.1) is 11.3 Å². The van der Waals surface area contributed by atoms with E-state index in [1.165, 1.54) is 22.9 Å². The fraction of sp³-hybridized carbons (Fsp3) is 0.441. The van der Waals surface area contributed by atoms with Crippen LogP contribution in [0.3, 0.4) is 0 Å². The Hall–Kier alpha value is -4.72. The second-order valence-electron chi connectivity index (χ2n) is 13.9. The normalized spacial score (nSPS) is 24.8. The molecule has 0 saturated carbocycles. The molecular weight excluding hydrogens is 670 g/mol. The van der Waals surface area contributed by atoms with Crippen LogP contribution in [0.4, 0.5) is 24.0 Å². The Morgan fingerprint density at radius 3 is 2.74 bits per heavy atom. The number of alkyl halides is 1. The number of fused-ring (bicyclic) bond motifs is 5. The summed E-state index contributed by atoms with van der Waals surface area (Å²) in [6.07, 6.45) is 6.10. The third-order valence-electron chi connectivity index (χ3n) is 10.8. The van der Waals surface area contributed by atoms with Gasteiger partial charge in [0.1, 0.15) is 46.4 Å². The van der Waals surface area contributed by atoms with E-state index in [9.17, 15) is 14.4 Å². The van der Waals surface area contributed by atoms with Crippen LogP contribution in [0.15, 0.2) is 29.3 Å². The number of nitrogens with one attached hydrogen (secondary N) is 2. The Morgan fingerprint density at radius 2 is 1.98 bits per heavy atom. The minimum absolute atomic E-state index is 0.00639. The summed E-state index contributed by atoms with van der Waals surface area (Å²) in [7, 11) is 0. The molecule has 50 heavy (non-hydrogen) atoms. The van der Waals surface area contributed by atoms with Crippen molar-refractivity contribution in [3.63, 3.8) is 0 Å². The van der Waals surface area contributed by atoms with E-state index in [-0.39, 0.29) is 79.9 Å². The van der Waals surface area contributed by atoms with Crippen molar-refractivity contribution < 1.29 is 17.9 Å². The Kier molecular flexibility index (Phi) is 7.30. The van der Waals surface area contributed by atoms with Gasteiger partial charge in [0.2, 0.25) is 0 Å². The first-order valence-corrected chi connectivity index (χ1v) is 17.6. The molecule has 4 saturated heterocycles. The molecule has 2 unspecified atom stereocenters. The van der Waals surface area contributed by atoms with Gasteiger partial charge in [-0.1, -0.05) is 0 Å². The molecule has 4 aliphatic rings. The van der Waals surface area contributed by atoms with Crippen molar-refractivity contribution in [1.82, 2.24) is 34.9 Å². The lowest BCUT2D eigenvalue weighted by atomic mass is 9.95. The molecule has 8 heterocycles. The topological polar surface area (TPSA) is 154 Å². The highest BCUT2D eigenvalue weighted by Crippen LogP contribution is 2.44. The number of pyridine rings is 1. The number of benzene rings is 1. The maximum atomic E-state index is 17.6.